The number of nitrogens with zero attached hydrogens (tertiary/aromatic N) is 1. The molecule has 0 saturated carbocycles. The van der Waals surface area contributed by atoms with E-state index in [-0.39, 0.29) is 11.9 Å². The number of rotatable bonds is 6. The van der Waals surface area contributed by atoms with E-state index in [1.807, 2.05) is 37.4 Å². The van der Waals surface area contributed by atoms with E-state index in [4.69, 9.17) is 0 Å². The van der Waals surface area contributed by atoms with Gasteiger partial charge in [0.2, 0.25) is 0 Å². The molecule has 5 heteroatoms. The van der Waals surface area contributed by atoms with Crippen molar-refractivity contribution in [2.45, 2.75) is 50.6 Å². The summed E-state index contributed by atoms with van der Waals surface area (Å²) >= 11 is 1.67. The predicted octanol–water partition coefficient (Wildman–Crippen LogP) is 3.66. The van der Waals surface area contributed by atoms with E-state index in [1.165, 1.54) is 9.80 Å². The van der Waals surface area contributed by atoms with Crippen molar-refractivity contribution >= 4 is 23.7 Å². The van der Waals surface area contributed by atoms with Gasteiger partial charge in [-0.05, 0) is 49.6 Å². The highest BCUT2D eigenvalue weighted by Gasteiger charge is 2.47. The first-order valence-corrected chi connectivity index (χ1v) is 8.85. The minimum atomic E-state index is -0.763. The number of urea groups is 1. The van der Waals surface area contributed by atoms with Gasteiger partial charge >= 0.3 is 6.03 Å². The zero-order valence-corrected chi connectivity index (χ0v) is 14.5. The maximum absolute atomic E-state index is 12.6. The zero-order chi connectivity index (χ0) is 16.3. The highest BCUT2D eigenvalue weighted by atomic mass is 32.2. The Morgan fingerprint density at radius 1 is 1.23 bits per heavy atom. The predicted molar refractivity (Wildman–Crippen MR) is 89.8 cm³/mol. The van der Waals surface area contributed by atoms with Crippen LogP contribution in [0.1, 0.15) is 39.2 Å². The number of benzene rings is 1. The number of carbonyl (C=O) groups is 2. The maximum atomic E-state index is 12.6. The molecule has 1 atom stereocenters. The van der Waals surface area contributed by atoms with Crippen LogP contribution in [-0.2, 0) is 11.3 Å². The van der Waals surface area contributed by atoms with Gasteiger partial charge in [0, 0.05) is 4.90 Å². The largest absolute Gasteiger partial charge is 0.325 e. The van der Waals surface area contributed by atoms with Gasteiger partial charge in [-0.1, -0.05) is 26.0 Å². The number of carbonyl (C=O) groups excluding carboxylic acids is 2. The summed E-state index contributed by atoms with van der Waals surface area (Å²) in [7, 11) is 0. The van der Waals surface area contributed by atoms with Crippen LogP contribution < -0.4 is 5.32 Å². The lowest BCUT2D eigenvalue weighted by molar-refractivity contribution is -0.131. The number of nitrogens with one attached hydrogen (secondary N) is 1. The summed E-state index contributed by atoms with van der Waals surface area (Å²) in [5.41, 5.74) is 0.204. The third-order valence-electron chi connectivity index (χ3n) is 4.07. The average molecular weight is 320 g/mol. The number of imide groups is 1. The third kappa shape index (κ3) is 3.64. The number of amides is 3. The molecule has 2 rings (SSSR count). The molecule has 0 bridgehead atoms. The second-order valence-electron chi connectivity index (χ2n) is 6.43. The van der Waals surface area contributed by atoms with Crippen molar-refractivity contribution in [1.82, 2.24) is 10.2 Å². The van der Waals surface area contributed by atoms with Crippen molar-refractivity contribution in [2.75, 3.05) is 6.26 Å². The van der Waals surface area contributed by atoms with Crippen LogP contribution in [0.25, 0.3) is 0 Å². The van der Waals surface area contributed by atoms with Crippen LogP contribution in [0.15, 0.2) is 29.2 Å². The highest BCUT2D eigenvalue weighted by Crippen LogP contribution is 2.26. The standard InChI is InChI=1S/C17H24N2O2S/c1-12(2)9-10-17(3)15(20)19(16(21)18-17)11-13-5-7-14(22-4)8-6-13/h5-8,12H,9-11H2,1-4H3,(H,18,21)/t17-/m1/s1. The molecule has 0 aromatic heterocycles. The third-order valence-corrected chi connectivity index (χ3v) is 4.81. The van der Waals surface area contributed by atoms with Gasteiger partial charge in [0.15, 0.2) is 0 Å². The Bertz CT molecular complexity index is 556. The van der Waals surface area contributed by atoms with E-state index in [1.54, 1.807) is 11.8 Å². The Morgan fingerprint density at radius 3 is 2.41 bits per heavy atom. The fraction of sp³-hybridized carbons (Fsp3) is 0.529. The second-order valence-corrected chi connectivity index (χ2v) is 7.31. The van der Waals surface area contributed by atoms with Gasteiger partial charge in [-0.2, -0.15) is 0 Å². The molecule has 0 radical (unpaired) electrons. The lowest BCUT2D eigenvalue weighted by Gasteiger charge is -2.22. The van der Waals surface area contributed by atoms with E-state index in [9.17, 15) is 9.59 Å². The topological polar surface area (TPSA) is 49.4 Å². The molecule has 1 aromatic rings. The molecule has 1 saturated heterocycles. The van der Waals surface area contributed by atoms with Gasteiger partial charge in [-0.3, -0.25) is 9.69 Å². The van der Waals surface area contributed by atoms with E-state index in [0.29, 0.717) is 18.9 Å². The summed E-state index contributed by atoms with van der Waals surface area (Å²) in [5.74, 6) is 0.391. The normalized spacial score (nSPS) is 21.6. The minimum absolute atomic E-state index is 0.118. The summed E-state index contributed by atoms with van der Waals surface area (Å²) < 4.78 is 0. The van der Waals surface area contributed by atoms with E-state index in [0.717, 1.165) is 12.0 Å². The van der Waals surface area contributed by atoms with Crippen LogP contribution >= 0.6 is 11.8 Å². The first-order valence-electron chi connectivity index (χ1n) is 7.63. The molecule has 1 aromatic carbocycles. The van der Waals surface area contributed by atoms with Crippen LogP contribution in [0.2, 0.25) is 0 Å². The fourth-order valence-electron chi connectivity index (χ4n) is 2.55. The van der Waals surface area contributed by atoms with Crippen LogP contribution in [0.4, 0.5) is 4.79 Å². The molecule has 120 valence electrons. The number of thioether (sulfide) groups is 1. The molecule has 3 amide bonds. The molecule has 1 fully saturated rings. The Hall–Kier alpha value is -1.49. The van der Waals surface area contributed by atoms with Crippen molar-refractivity contribution in [3.05, 3.63) is 29.8 Å². The lowest BCUT2D eigenvalue weighted by atomic mass is 9.92. The summed E-state index contributed by atoms with van der Waals surface area (Å²) in [6, 6.07) is 7.67. The Morgan fingerprint density at radius 2 is 1.86 bits per heavy atom. The molecule has 4 nitrogen and oxygen atoms in total. The quantitative estimate of drug-likeness (QED) is 0.643. The van der Waals surface area contributed by atoms with E-state index < -0.39 is 5.54 Å². The SMILES string of the molecule is CSc1ccc(CN2C(=O)N[C@](C)(CCC(C)C)C2=O)cc1. The summed E-state index contributed by atoms with van der Waals surface area (Å²) in [5, 5.41) is 2.86. The molecule has 22 heavy (non-hydrogen) atoms. The Labute approximate surface area is 136 Å². The molecule has 0 aliphatic carbocycles. The smallest absolute Gasteiger partial charge is 0.323 e. The zero-order valence-electron chi connectivity index (χ0n) is 13.7. The van der Waals surface area contributed by atoms with Gasteiger partial charge < -0.3 is 5.32 Å². The Balaban J connectivity index is 2.07. The van der Waals surface area contributed by atoms with E-state index >= 15 is 0 Å². The molecule has 0 unspecified atom stereocenters. The average Bonchev–Trinajstić information content (AvgIpc) is 2.70. The van der Waals surface area contributed by atoms with Gasteiger partial charge in [0.05, 0.1) is 6.54 Å². The fourth-order valence-corrected chi connectivity index (χ4v) is 2.96. The van der Waals surface area contributed by atoms with Gasteiger partial charge in [0.1, 0.15) is 5.54 Å². The van der Waals surface area contributed by atoms with Crippen molar-refractivity contribution in [3.63, 3.8) is 0 Å². The summed E-state index contributed by atoms with van der Waals surface area (Å²) in [4.78, 5) is 27.3. The van der Waals surface area contributed by atoms with Gasteiger partial charge in [-0.25, -0.2) is 4.79 Å². The molecule has 1 heterocycles. The van der Waals surface area contributed by atoms with Crippen LogP contribution in [0.5, 0.6) is 0 Å². The maximum Gasteiger partial charge on any atom is 0.325 e. The monoisotopic (exact) mass is 320 g/mol. The van der Waals surface area contributed by atoms with Crippen molar-refractivity contribution in [2.24, 2.45) is 5.92 Å². The number of hydrogen-bond donors (Lipinski definition) is 1. The number of hydrogen-bond acceptors (Lipinski definition) is 3. The molecule has 1 N–H and O–H groups in total. The molecule has 1 aliphatic heterocycles. The summed E-state index contributed by atoms with van der Waals surface area (Å²) in [6.07, 6.45) is 3.61. The minimum Gasteiger partial charge on any atom is -0.323 e. The van der Waals surface area contributed by atoms with Gasteiger partial charge in [-0.15, -0.1) is 11.8 Å². The van der Waals surface area contributed by atoms with Crippen molar-refractivity contribution in [3.8, 4) is 0 Å². The summed E-state index contributed by atoms with van der Waals surface area (Å²) in [6.45, 7) is 6.40. The second kappa shape index (κ2) is 6.73. The first-order chi connectivity index (χ1) is 10.4. The highest BCUT2D eigenvalue weighted by molar-refractivity contribution is 7.98. The van der Waals surface area contributed by atoms with Crippen molar-refractivity contribution < 1.29 is 9.59 Å². The van der Waals surface area contributed by atoms with Gasteiger partial charge in [0.25, 0.3) is 5.91 Å². The first kappa shape index (κ1) is 16.9. The molecular formula is C17H24N2O2S. The van der Waals surface area contributed by atoms with Crippen LogP contribution in [0, 0.1) is 5.92 Å². The van der Waals surface area contributed by atoms with Crippen molar-refractivity contribution in [1.29, 1.82) is 0 Å². The lowest BCUT2D eigenvalue weighted by Crippen LogP contribution is -2.44. The Kier molecular flexibility index (Phi) is 5.16. The van der Waals surface area contributed by atoms with E-state index in [2.05, 4.69) is 19.2 Å². The molecule has 1 aliphatic rings. The van der Waals surface area contributed by atoms with Crippen LogP contribution in [0.3, 0.4) is 0 Å². The molecular weight excluding hydrogens is 296 g/mol. The molecule has 0 spiro atoms. The van der Waals surface area contributed by atoms with Crippen LogP contribution in [-0.4, -0.2) is 28.6 Å².